The minimum absolute atomic E-state index is 0.146. The summed E-state index contributed by atoms with van der Waals surface area (Å²) in [4.78, 5) is 15.5. The van der Waals surface area contributed by atoms with Crippen molar-refractivity contribution in [1.82, 2.24) is 0 Å². The average Bonchev–Trinajstić information content (AvgIpc) is 2.84. The first kappa shape index (κ1) is 27.7. The minimum atomic E-state index is -0.902. The van der Waals surface area contributed by atoms with E-state index in [-0.39, 0.29) is 10.8 Å². The number of thioether (sulfide) groups is 1. The van der Waals surface area contributed by atoms with Gasteiger partial charge >= 0.3 is 5.97 Å². The lowest BCUT2D eigenvalue weighted by molar-refractivity contribution is 0.0697. The van der Waals surface area contributed by atoms with Crippen LogP contribution in [0.25, 0.3) is 12.2 Å². The zero-order valence-electron chi connectivity index (χ0n) is 22.3. The van der Waals surface area contributed by atoms with E-state index >= 15 is 0 Å². The lowest BCUT2D eigenvalue weighted by Gasteiger charge is -2.42. The SMILES string of the molecule is C=C(/N=C\C=C/C)SCCCc1cc2c(cc1/C=C/c1ccc(C(=O)O)cc1)C(C)(C)CCC2(C)C. The molecule has 0 aromatic heterocycles. The van der Waals surface area contributed by atoms with E-state index in [2.05, 4.69) is 63.6 Å². The van der Waals surface area contributed by atoms with E-state index in [4.69, 9.17) is 0 Å². The van der Waals surface area contributed by atoms with Crippen LogP contribution in [0.5, 0.6) is 0 Å². The molecule has 2 aromatic rings. The Labute approximate surface area is 221 Å². The van der Waals surface area contributed by atoms with Gasteiger partial charge < -0.3 is 5.11 Å². The van der Waals surface area contributed by atoms with Crippen molar-refractivity contribution in [3.8, 4) is 0 Å². The number of fused-ring (bicyclic) bond motifs is 1. The highest BCUT2D eigenvalue weighted by molar-refractivity contribution is 8.03. The van der Waals surface area contributed by atoms with E-state index in [1.807, 2.05) is 31.2 Å². The molecule has 0 unspecified atom stereocenters. The highest BCUT2D eigenvalue weighted by Gasteiger charge is 2.37. The van der Waals surface area contributed by atoms with Gasteiger partial charge in [-0.15, -0.1) is 11.8 Å². The molecule has 0 aliphatic heterocycles. The third-order valence-corrected chi connectivity index (χ3v) is 8.01. The van der Waals surface area contributed by atoms with Crippen LogP contribution in [-0.4, -0.2) is 23.0 Å². The van der Waals surface area contributed by atoms with Crippen LogP contribution in [0.1, 0.15) is 92.1 Å². The summed E-state index contributed by atoms with van der Waals surface area (Å²) >= 11 is 1.70. The zero-order chi connectivity index (χ0) is 26.3. The van der Waals surface area contributed by atoms with Gasteiger partial charge in [0.25, 0.3) is 0 Å². The molecule has 36 heavy (non-hydrogen) atoms. The molecular weight excluding hydrogens is 462 g/mol. The van der Waals surface area contributed by atoms with E-state index in [0.29, 0.717) is 5.56 Å². The number of hydrogen-bond acceptors (Lipinski definition) is 3. The number of nitrogens with zero attached hydrogens (tertiary/aromatic N) is 1. The Bertz CT molecular complexity index is 1180. The Kier molecular flexibility index (Phi) is 9.19. The van der Waals surface area contributed by atoms with Crippen molar-refractivity contribution in [3.63, 3.8) is 0 Å². The average molecular weight is 502 g/mol. The number of carboxylic acid groups (broad SMARTS) is 1. The number of rotatable bonds is 10. The number of allylic oxidation sites excluding steroid dienone is 2. The first-order valence-electron chi connectivity index (χ1n) is 12.7. The van der Waals surface area contributed by atoms with E-state index in [0.717, 1.165) is 29.2 Å². The quantitative estimate of drug-likeness (QED) is 0.201. The summed E-state index contributed by atoms with van der Waals surface area (Å²) in [6.07, 6.45) is 14.3. The third-order valence-electron chi connectivity index (χ3n) is 7.08. The smallest absolute Gasteiger partial charge is 0.335 e. The summed E-state index contributed by atoms with van der Waals surface area (Å²) in [7, 11) is 0. The molecular formula is C32H39NO2S. The van der Waals surface area contributed by atoms with Gasteiger partial charge in [0.15, 0.2) is 0 Å². The van der Waals surface area contributed by atoms with Crippen LogP contribution >= 0.6 is 11.8 Å². The van der Waals surface area contributed by atoms with Crippen molar-refractivity contribution >= 4 is 36.1 Å². The Morgan fingerprint density at radius 2 is 1.69 bits per heavy atom. The fourth-order valence-electron chi connectivity index (χ4n) is 4.67. The van der Waals surface area contributed by atoms with Crippen LogP contribution in [0.3, 0.4) is 0 Å². The van der Waals surface area contributed by atoms with Gasteiger partial charge in [-0.3, -0.25) is 4.99 Å². The summed E-state index contributed by atoms with van der Waals surface area (Å²) in [5, 5.41) is 10.0. The molecule has 3 nitrogen and oxygen atoms in total. The van der Waals surface area contributed by atoms with E-state index in [9.17, 15) is 9.90 Å². The second-order valence-electron chi connectivity index (χ2n) is 10.8. The van der Waals surface area contributed by atoms with E-state index in [1.165, 1.54) is 35.1 Å². The van der Waals surface area contributed by atoms with Crippen molar-refractivity contribution in [3.05, 3.63) is 93.5 Å². The normalized spacial score (nSPS) is 16.6. The molecule has 2 aromatic carbocycles. The molecule has 1 aliphatic rings. The summed E-state index contributed by atoms with van der Waals surface area (Å²) in [6.45, 7) is 15.5. The predicted octanol–water partition coefficient (Wildman–Crippen LogP) is 8.69. The lowest BCUT2D eigenvalue weighted by atomic mass is 9.62. The number of aliphatic imine (C=N–C) groups is 1. The van der Waals surface area contributed by atoms with Gasteiger partial charge in [0.05, 0.1) is 10.6 Å². The number of hydrogen-bond donors (Lipinski definition) is 1. The van der Waals surface area contributed by atoms with Crippen molar-refractivity contribution in [2.75, 3.05) is 5.75 Å². The van der Waals surface area contributed by atoms with Crippen molar-refractivity contribution in [1.29, 1.82) is 0 Å². The Morgan fingerprint density at radius 1 is 1.06 bits per heavy atom. The molecule has 0 bridgehead atoms. The standard InChI is InChI=1S/C32H39NO2S/c1-7-8-19-33-23(2)36-20-9-10-26-21-28-29(32(5,6)18-17-31(28,3)4)22-27(26)16-13-24-11-14-25(15-12-24)30(34)35/h7-8,11-16,19,21-22H,2,9-10,17-18,20H2,1,3-6H3,(H,34,35)/b8-7-,16-13+,33-19-. The molecule has 0 amide bonds. The Morgan fingerprint density at radius 3 is 2.31 bits per heavy atom. The zero-order valence-corrected chi connectivity index (χ0v) is 23.1. The molecule has 0 atom stereocenters. The first-order chi connectivity index (χ1) is 17.0. The predicted molar refractivity (Wildman–Crippen MR) is 157 cm³/mol. The van der Waals surface area contributed by atoms with Crippen LogP contribution in [0.15, 0.2) is 65.2 Å². The third kappa shape index (κ3) is 7.10. The summed E-state index contributed by atoms with van der Waals surface area (Å²) in [6, 6.07) is 11.9. The molecule has 1 N–H and O–H groups in total. The van der Waals surface area contributed by atoms with Gasteiger partial charge in [0.2, 0.25) is 0 Å². The van der Waals surface area contributed by atoms with Gasteiger partial charge in [0, 0.05) is 6.21 Å². The molecule has 0 spiro atoms. The van der Waals surface area contributed by atoms with Crippen LogP contribution in [-0.2, 0) is 17.3 Å². The van der Waals surface area contributed by atoms with Crippen LogP contribution in [0.4, 0.5) is 0 Å². The van der Waals surface area contributed by atoms with E-state index in [1.54, 1.807) is 30.1 Å². The maximum Gasteiger partial charge on any atom is 0.335 e. The van der Waals surface area contributed by atoms with E-state index < -0.39 is 5.97 Å². The summed E-state index contributed by atoms with van der Waals surface area (Å²) in [5.41, 5.74) is 7.15. The summed E-state index contributed by atoms with van der Waals surface area (Å²) in [5.74, 6) is 0.0676. The Hall–Kier alpha value is -2.85. The van der Waals surface area contributed by atoms with Gasteiger partial charge in [-0.25, -0.2) is 4.79 Å². The molecule has 0 saturated carbocycles. The molecule has 190 valence electrons. The molecule has 0 fully saturated rings. The summed E-state index contributed by atoms with van der Waals surface area (Å²) < 4.78 is 0. The van der Waals surface area contributed by atoms with Crippen LogP contribution in [0.2, 0.25) is 0 Å². The van der Waals surface area contributed by atoms with Crippen LogP contribution < -0.4 is 0 Å². The minimum Gasteiger partial charge on any atom is -0.478 e. The fourth-order valence-corrected chi connectivity index (χ4v) is 5.33. The first-order valence-corrected chi connectivity index (χ1v) is 13.7. The van der Waals surface area contributed by atoms with Crippen molar-refractivity contribution in [2.24, 2.45) is 4.99 Å². The molecule has 3 rings (SSSR count). The second-order valence-corrected chi connectivity index (χ2v) is 11.9. The Balaban J connectivity index is 1.87. The maximum absolute atomic E-state index is 11.2. The number of aryl methyl sites for hydroxylation is 1. The van der Waals surface area contributed by atoms with Crippen molar-refractivity contribution < 1.29 is 9.90 Å². The highest BCUT2D eigenvalue weighted by Crippen LogP contribution is 2.47. The van der Waals surface area contributed by atoms with Gasteiger partial charge in [-0.05, 0) is 95.2 Å². The van der Waals surface area contributed by atoms with Crippen LogP contribution in [0, 0.1) is 0 Å². The highest BCUT2D eigenvalue weighted by atomic mass is 32.2. The van der Waals surface area contributed by atoms with Gasteiger partial charge in [0.1, 0.15) is 0 Å². The second kappa shape index (κ2) is 11.9. The molecule has 1 aliphatic carbocycles. The fraction of sp³-hybridized carbons (Fsp3) is 0.375. The van der Waals surface area contributed by atoms with Gasteiger partial charge in [-0.1, -0.05) is 76.8 Å². The monoisotopic (exact) mass is 501 g/mol. The number of carbonyl (C=O) groups is 1. The molecule has 4 heteroatoms. The largest absolute Gasteiger partial charge is 0.478 e. The number of benzene rings is 2. The number of aromatic carboxylic acids is 1. The maximum atomic E-state index is 11.2. The lowest BCUT2D eigenvalue weighted by Crippen LogP contribution is -2.34. The number of carboxylic acids is 1. The van der Waals surface area contributed by atoms with Crippen molar-refractivity contribution in [2.45, 2.75) is 71.1 Å². The molecule has 0 heterocycles. The topological polar surface area (TPSA) is 49.7 Å². The molecule has 0 radical (unpaired) electrons. The molecule has 0 saturated heterocycles. The van der Waals surface area contributed by atoms with Gasteiger partial charge in [-0.2, -0.15) is 0 Å².